The Hall–Kier alpha value is -2.33. The number of nitrogens with zero attached hydrogens (tertiary/aromatic N) is 1. The summed E-state index contributed by atoms with van der Waals surface area (Å²) in [5, 5.41) is 3.39. The van der Waals surface area contributed by atoms with Gasteiger partial charge in [-0.25, -0.2) is 0 Å². The molecule has 1 atom stereocenters. The second-order valence-corrected chi connectivity index (χ2v) is 12.2. The maximum Gasteiger partial charge on any atom is 0.241 e. The van der Waals surface area contributed by atoms with Crippen LogP contribution in [0.15, 0.2) is 54.6 Å². The van der Waals surface area contributed by atoms with Crippen molar-refractivity contribution in [2.24, 2.45) is 11.8 Å². The van der Waals surface area contributed by atoms with Gasteiger partial charge < -0.3 is 10.1 Å². The topological polar surface area (TPSA) is 41.6 Å². The van der Waals surface area contributed by atoms with E-state index < -0.39 is 5.54 Å². The van der Waals surface area contributed by atoms with E-state index in [1.807, 2.05) is 18.2 Å². The van der Waals surface area contributed by atoms with Crippen LogP contribution in [-0.4, -0.2) is 35.5 Å². The number of carbonyl (C=O) groups is 1. The fourth-order valence-corrected chi connectivity index (χ4v) is 5.47. The molecular formula is C32H48N2O2. The van der Waals surface area contributed by atoms with Gasteiger partial charge in [-0.15, -0.1) is 0 Å². The summed E-state index contributed by atoms with van der Waals surface area (Å²) >= 11 is 0. The largest absolute Gasteiger partial charge is 0.489 e. The SMILES string of the molecule is CC(C)CCN(C)C(Cc1ccc(OCc2ccccc2)cc1)(C(=O)NC(C)(C)C)C1CCCCC1. The summed E-state index contributed by atoms with van der Waals surface area (Å²) < 4.78 is 6.03. The van der Waals surface area contributed by atoms with Crippen LogP contribution in [0, 0.1) is 11.8 Å². The number of benzene rings is 2. The van der Waals surface area contributed by atoms with Crippen LogP contribution in [0.25, 0.3) is 0 Å². The van der Waals surface area contributed by atoms with Crippen LogP contribution >= 0.6 is 0 Å². The Morgan fingerprint density at radius 3 is 2.19 bits per heavy atom. The summed E-state index contributed by atoms with van der Waals surface area (Å²) in [6, 6.07) is 18.7. The van der Waals surface area contributed by atoms with Crippen LogP contribution in [0.1, 0.15) is 84.3 Å². The quantitative estimate of drug-likeness (QED) is 0.366. The highest BCUT2D eigenvalue weighted by Crippen LogP contribution is 2.40. The molecule has 0 radical (unpaired) electrons. The minimum Gasteiger partial charge on any atom is -0.489 e. The van der Waals surface area contributed by atoms with Gasteiger partial charge in [0.05, 0.1) is 0 Å². The van der Waals surface area contributed by atoms with E-state index in [4.69, 9.17) is 4.74 Å². The van der Waals surface area contributed by atoms with Crippen molar-refractivity contribution in [3.63, 3.8) is 0 Å². The van der Waals surface area contributed by atoms with Crippen LogP contribution in [0.4, 0.5) is 0 Å². The molecule has 0 bridgehead atoms. The third kappa shape index (κ3) is 7.83. The Balaban J connectivity index is 1.88. The number of hydrogen-bond acceptors (Lipinski definition) is 3. The van der Waals surface area contributed by atoms with Gasteiger partial charge in [-0.3, -0.25) is 9.69 Å². The molecule has 198 valence electrons. The Bertz CT molecular complexity index is 927. The molecule has 0 heterocycles. The van der Waals surface area contributed by atoms with E-state index >= 15 is 0 Å². The van der Waals surface area contributed by atoms with E-state index in [2.05, 4.69) is 88.3 Å². The van der Waals surface area contributed by atoms with Crippen molar-refractivity contribution < 1.29 is 9.53 Å². The molecule has 0 saturated heterocycles. The second-order valence-electron chi connectivity index (χ2n) is 12.2. The zero-order chi connectivity index (χ0) is 26.2. The van der Waals surface area contributed by atoms with E-state index in [1.54, 1.807) is 0 Å². The van der Waals surface area contributed by atoms with Crippen molar-refractivity contribution in [2.75, 3.05) is 13.6 Å². The third-order valence-corrected chi connectivity index (χ3v) is 7.53. The summed E-state index contributed by atoms with van der Waals surface area (Å²) in [4.78, 5) is 16.6. The maximum atomic E-state index is 14.2. The van der Waals surface area contributed by atoms with Gasteiger partial charge in [-0.2, -0.15) is 0 Å². The van der Waals surface area contributed by atoms with Crippen molar-refractivity contribution in [1.82, 2.24) is 10.2 Å². The Morgan fingerprint density at radius 2 is 1.61 bits per heavy atom. The van der Waals surface area contributed by atoms with Gasteiger partial charge in [0, 0.05) is 12.0 Å². The molecule has 0 aliphatic heterocycles. The minimum atomic E-state index is -0.561. The third-order valence-electron chi connectivity index (χ3n) is 7.53. The van der Waals surface area contributed by atoms with E-state index in [9.17, 15) is 4.79 Å². The lowest BCUT2D eigenvalue weighted by atomic mass is 9.69. The highest BCUT2D eigenvalue weighted by molar-refractivity contribution is 5.87. The maximum absolute atomic E-state index is 14.2. The Labute approximate surface area is 219 Å². The van der Waals surface area contributed by atoms with E-state index in [-0.39, 0.29) is 11.4 Å². The van der Waals surface area contributed by atoms with Crippen LogP contribution in [0.5, 0.6) is 5.75 Å². The van der Waals surface area contributed by atoms with Gasteiger partial charge in [0.15, 0.2) is 0 Å². The molecular weight excluding hydrogens is 444 g/mol. The molecule has 2 aromatic rings. The zero-order valence-corrected chi connectivity index (χ0v) is 23.5. The molecule has 0 aromatic heterocycles. The number of rotatable bonds is 11. The van der Waals surface area contributed by atoms with Gasteiger partial charge in [-0.05, 0) is 88.7 Å². The fraction of sp³-hybridized carbons (Fsp3) is 0.594. The van der Waals surface area contributed by atoms with Crippen LogP contribution in [-0.2, 0) is 17.8 Å². The number of ether oxygens (including phenoxy) is 1. The lowest BCUT2D eigenvalue weighted by Gasteiger charge is -2.49. The molecule has 1 fully saturated rings. The van der Waals surface area contributed by atoms with Crippen molar-refractivity contribution in [3.8, 4) is 5.75 Å². The summed E-state index contributed by atoms with van der Waals surface area (Å²) in [7, 11) is 2.18. The lowest BCUT2D eigenvalue weighted by Crippen LogP contribution is -2.66. The van der Waals surface area contributed by atoms with Crippen LogP contribution < -0.4 is 10.1 Å². The zero-order valence-electron chi connectivity index (χ0n) is 23.5. The van der Waals surface area contributed by atoms with E-state index in [0.717, 1.165) is 37.1 Å². The number of amides is 1. The smallest absolute Gasteiger partial charge is 0.241 e. The number of carbonyl (C=O) groups excluding carboxylic acids is 1. The first-order chi connectivity index (χ1) is 17.1. The van der Waals surface area contributed by atoms with E-state index in [1.165, 1.54) is 24.8 Å². The molecule has 4 heteroatoms. The normalized spacial score (nSPS) is 16.7. The molecule has 0 spiro atoms. The number of hydrogen-bond donors (Lipinski definition) is 1. The Kier molecular flexibility index (Phi) is 10.0. The molecule has 1 saturated carbocycles. The molecule has 1 unspecified atom stereocenters. The van der Waals surface area contributed by atoms with Gasteiger partial charge in [0.25, 0.3) is 0 Å². The van der Waals surface area contributed by atoms with Crippen LogP contribution in [0.3, 0.4) is 0 Å². The summed E-state index contributed by atoms with van der Waals surface area (Å²) in [6.07, 6.45) is 7.71. The molecule has 4 nitrogen and oxygen atoms in total. The highest BCUT2D eigenvalue weighted by Gasteiger charge is 2.49. The highest BCUT2D eigenvalue weighted by atomic mass is 16.5. The van der Waals surface area contributed by atoms with Gasteiger partial charge in [0.1, 0.15) is 17.9 Å². The second kappa shape index (κ2) is 12.8. The minimum absolute atomic E-state index is 0.178. The number of nitrogens with one attached hydrogen (secondary N) is 1. The van der Waals surface area contributed by atoms with Crippen LogP contribution in [0.2, 0.25) is 0 Å². The molecule has 3 rings (SSSR count). The Morgan fingerprint density at radius 1 is 0.972 bits per heavy atom. The molecule has 1 amide bonds. The van der Waals surface area contributed by atoms with E-state index in [0.29, 0.717) is 24.9 Å². The molecule has 2 aromatic carbocycles. The summed E-state index contributed by atoms with van der Waals surface area (Å²) in [5.74, 6) is 1.98. The van der Waals surface area contributed by atoms with Gasteiger partial charge in [-0.1, -0.05) is 75.6 Å². The standard InChI is InChI=1S/C32H48N2O2/c1-25(2)21-22-34(6)32(28-15-11-8-12-16-28,30(35)33-31(3,4)5)23-26-17-19-29(20-18-26)36-24-27-13-9-7-10-14-27/h7,9-10,13-14,17-20,25,28H,8,11-12,15-16,21-24H2,1-6H3,(H,33,35). The van der Waals surface area contributed by atoms with Crippen molar-refractivity contribution >= 4 is 5.91 Å². The molecule has 1 aliphatic rings. The predicted molar refractivity (Wildman–Crippen MR) is 150 cm³/mol. The first kappa shape index (κ1) is 28.2. The molecule has 1 aliphatic carbocycles. The average molecular weight is 493 g/mol. The average Bonchev–Trinajstić information content (AvgIpc) is 2.85. The monoisotopic (exact) mass is 492 g/mol. The van der Waals surface area contributed by atoms with Gasteiger partial charge in [0.2, 0.25) is 5.91 Å². The molecule has 36 heavy (non-hydrogen) atoms. The summed E-state index contributed by atoms with van der Waals surface area (Å²) in [5.41, 5.74) is 1.51. The molecule has 1 N–H and O–H groups in total. The summed E-state index contributed by atoms with van der Waals surface area (Å²) in [6.45, 7) is 12.3. The first-order valence-corrected chi connectivity index (χ1v) is 13.9. The van der Waals surface area contributed by atoms with Crippen molar-refractivity contribution in [2.45, 2.75) is 97.2 Å². The fourth-order valence-electron chi connectivity index (χ4n) is 5.47. The van der Waals surface area contributed by atoms with Crippen molar-refractivity contribution in [3.05, 3.63) is 65.7 Å². The van der Waals surface area contributed by atoms with Crippen molar-refractivity contribution in [1.29, 1.82) is 0 Å². The number of likely N-dealkylation sites (N-methyl/N-ethyl adjacent to an activating group) is 1. The predicted octanol–water partition coefficient (Wildman–Crippen LogP) is 7.02. The lowest BCUT2D eigenvalue weighted by molar-refractivity contribution is -0.139. The van der Waals surface area contributed by atoms with Gasteiger partial charge >= 0.3 is 0 Å². The first-order valence-electron chi connectivity index (χ1n) is 13.9.